The molecule has 3 N–H and O–H groups in total. The number of carbonyl (C=O) groups excluding carboxylic acids is 1. The highest BCUT2D eigenvalue weighted by molar-refractivity contribution is 5.84. The van der Waals surface area contributed by atoms with E-state index in [0.29, 0.717) is 0 Å². The maximum atomic E-state index is 11.8. The van der Waals surface area contributed by atoms with Crippen LogP contribution in [0.15, 0.2) is 6.20 Å². The van der Waals surface area contributed by atoms with Crippen molar-refractivity contribution >= 4 is 11.9 Å². The summed E-state index contributed by atoms with van der Waals surface area (Å²) in [6, 6.07) is 0. The molecule has 0 spiro atoms. The molecule has 2 heterocycles. The summed E-state index contributed by atoms with van der Waals surface area (Å²) in [5.41, 5.74) is -0.246. The standard InChI is InChI=1S/C9H12N4O5/c14-6-2-12(3-7(6)15)8(16)4-13-1-5(9(17)18)10-11-13/h1,6-7,14-15H,2-4H2,(H,17,18). The summed E-state index contributed by atoms with van der Waals surface area (Å²) in [6.45, 7) is -0.0688. The first-order valence-corrected chi connectivity index (χ1v) is 5.24. The molecule has 0 aromatic carbocycles. The number of hydrogen-bond acceptors (Lipinski definition) is 6. The number of amides is 1. The largest absolute Gasteiger partial charge is 0.476 e. The van der Waals surface area contributed by atoms with Crippen LogP contribution in [0, 0.1) is 0 Å². The molecule has 9 heteroatoms. The van der Waals surface area contributed by atoms with Crippen molar-refractivity contribution in [3.63, 3.8) is 0 Å². The fourth-order valence-corrected chi connectivity index (χ4v) is 1.69. The molecule has 0 bridgehead atoms. The van der Waals surface area contributed by atoms with Crippen LogP contribution < -0.4 is 0 Å². The summed E-state index contributed by atoms with van der Waals surface area (Å²) in [5.74, 6) is -1.59. The molecular weight excluding hydrogens is 244 g/mol. The number of carbonyl (C=O) groups is 2. The van der Waals surface area contributed by atoms with Gasteiger partial charge in [-0.05, 0) is 0 Å². The molecule has 1 fully saturated rings. The fourth-order valence-electron chi connectivity index (χ4n) is 1.69. The van der Waals surface area contributed by atoms with Crippen LogP contribution in [-0.2, 0) is 11.3 Å². The van der Waals surface area contributed by atoms with E-state index >= 15 is 0 Å². The average molecular weight is 256 g/mol. The Hall–Kier alpha value is -2.00. The third-order valence-corrected chi connectivity index (χ3v) is 2.67. The van der Waals surface area contributed by atoms with Gasteiger partial charge in [-0.25, -0.2) is 9.48 Å². The number of aromatic nitrogens is 3. The first-order valence-electron chi connectivity index (χ1n) is 5.24. The Bertz CT molecular complexity index is 463. The second-order valence-corrected chi connectivity index (χ2v) is 4.04. The van der Waals surface area contributed by atoms with Crippen molar-refractivity contribution < 1.29 is 24.9 Å². The van der Waals surface area contributed by atoms with Crippen molar-refractivity contribution in [1.82, 2.24) is 19.9 Å². The van der Waals surface area contributed by atoms with Gasteiger partial charge in [0.15, 0.2) is 5.69 Å². The third-order valence-electron chi connectivity index (χ3n) is 2.67. The van der Waals surface area contributed by atoms with Gasteiger partial charge in [0.25, 0.3) is 0 Å². The zero-order chi connectivity index (χ0) is 13.3. The molecule has 18 heavy (non-hydrogen) atoms. The highest BCUT2D eigenvalue weighted by Crippen LogP contribution is 2.10. The zero-order valence-electron chi connectivity index (χ0n) is 9.30. The first-order chi connectivity index (χ1) is 8.47. The monoisotopic (exact) mass is 256 g/mol. The van der Waals surface area contributed by atoms with Crippen LogP contribution in [0.4, 0.5) is 0 Å². The number of carboxylic acids is 1. The quantitative estimate of drug-likeness (QED) is 0.547. The normalized spacial score (nSPS) is 23.3. The van der Waals surface area contributed by atoms with Crippen molar-refractivity contribution in [3.8, 4) is 0 Å². The molecule has 1 saturated heterocycles. The highest BCUT2D eigenvalue weighted by atomic mass is 16.4. The molecule has 2 rings (SSSR count). The Morgan fingerprint density at radius 3 is 2.44 bits per heavy atom. The summed E-state index contributed by atoms with van der Waals surface area (Å²) in [7, 11) is 0. The molecule has 1 amide bonds. The van der Waals surface area contributed by atoms with E-state index in [1.807, 2.05) is 0 Å². The van der Waals surface area contributed by atoms with Crippen molar-refractivity contribution in [2.24, 2.45) is 0 Å². The van der Waals surface area contributed by atoms with Crippen molar-refractivity contribution in [2.75, 3.05) is 13.1 Å². The van der Waals surface area contributed by atoms with Gasteiger partial charge in [-0.3, -0.25) is 4.79 Å². The number of aromatic carboxylic acids is 1. The first kappa shape index (κ1) is 12.5. The van der Waals surface area contributed by atoms with E-state index in [1.54, 1.807) is 0 Å². The summed E-state index contributed by atoms with van der Waals surface area (Å²) < 4.78 is 1.10. The van der Waals surface area contributed by atoms with Gasteiger partial charge in [0.1, 0.15) is 6.54 Å². The van der Waals surface area contributed by atoms with Crippen LogP contribution in [0.2, 0.25) is 0 Å². The molecule has 1 aliphatic heterocycles. The molecule has 1 aliphatic rings. The van der Waals surface area contributed by atoms with Crippen molar-refractivity contribution in [3.05, 3.63) is 11.9 Å². The maximum Gasteiger partial charge on any atom is 0.358 e. The van der Waals surface area contributed by atoms with Crippen LogP contribution in [0.25, 0.3) is 0 Å². The number of likely N-dealkylation sites (tertiary alicyclic amines) is 1. The average Bonchev–Trinajstić information content (AvgIpc) is 2.87. The molecule has 0 aliphatic carbocycles. The number of aliphatic hydroxyl groups excluding tert-OH is 2. The van der Waals surface area contributed by atoms with Gasteiger partial charge in [0.05, 0.1) is 18.4 Å². The van der Waals surface area contributed by atoms with E-state index in [-0.39, 0.29) is 31.2 Å². The van der Waals surface area contributed by atoms with E-state index in [4.69, 9.17) is 5.11 Å². The molecule has 0 radical (unpaired) electrons. The number of rotatable bonds is 3. The third kappa shape index (κ3) is 2.46. The Morgan fingerprint density at radius 2 is 1.94 bits per heavy atom. The maximum absolute atomic E-state index is 11.8. The van der Waals surface area contributed by atoms with Crippen LogP contribution in [-0.4, -0.2) is 72.4 Å². The molecule has 98 valence electrons. The van der Waals surface area contributed by atoms with Gasteiger partial charge in [-0.15, -0.1) is 5.10 Å². The molecular formula is C9H12N4O5. The fraction of sp³-hybridized carbons (Fsp3) is 0.556. The van der Waals surface area contributed by atoms with Gasteiger partial charge < -0.3 is 20.2 Å². The lowest BCUT2D eigenvalue weighted by atomic mass is 10.3. The molecule has 1 aromatic heterocycles. The van der Waals surface area contributed by atoms with E-state index in [0.717, 1.165) is 10.9 Å². The lowest BCUT2D eigenvalue weighted by Gasteiger charge is -2.14. The van der Waals surface area contributed by atoms with E-state index < -0.39 is 18.2 Å². The van der Waals surface area contributed by atoms with Gasteiger partial charge >= 0.3 is 5.97 Å². The summed E-state index contributed by atoms with van der Waals surface area (Å²) in [5, 5.41) is 34.1. The van der Waals surface area contributed by atoms with E-state index in [9.17, 15) is 19.8 Å². The number of carboxylic acid groups (broad SMARTS) is 1. The molecule has 1 aromatic rings. The number of β-amino-alcohol motifs (C(OH)–C–C–N with tert-alkyl or cyclic N) is 2. The predicted octanol–water partition coefficient (Wildman–Crippen LogP) is -2.46. The predicted molar refractivity (Wildman–Crippen MR) is 55.6 cm³/mol. The minimum atomic E-state index is -1.22. The number of nitrogens with zero attached hydrogens (tertiary/aromatic N) is 4. The van der Waals surface area contributed by atoms with E-state index in [1.165, 1.54) is 4.90 Å². The topological polar surface area (TPSA) is 129 Å². The minimum absolute atomic E-state index is 0.0560. The lowest BCUT2D eigenvalue weighted by molar-refractivity contribution is -0.131. The molecule has 2 atom stereocenters. The second-order valence-electron chi connectivity index (χ2n) is 4.04. The Morgan fingerprint density at radius 1 is 1.33 bits per heavy atom. The van der Waals surface area contributed by atoms with Gasteiger partial charge in [0, 0.05) is 13.1 Å². The SMILES string of the molecule is O=C(O)c1cn(CC(=O)N2CC(O)C(O)C2)nn1. The Balaban J connectivity index is 1.97. The Labute approximate surface area is 101 Å². The lowest BCUT2D eigenvalue weighted by Crippen LogP contribution is -2.33. The minimum Gasteiger partial charge on any atom is -0.476 e. The molecule has 2 unspecified atom stereocenters. The number of hydrogen-bond donors (Lipinski definition) is 3. The van der Waals surface area contributed by atoms with Gasteiger partial charge in [-0.2, -0.15) is 0 Å². The van der Waals surface area contributed by atoms with E-state index in [2.05, 4.69) is 10.3 Å². The van der Waals surface area contributed by atoms with Crippen LogP contribution in [0.5, 0.6) is 0 Å². The van der Waals surface area contributed by atoms with Gasteiger partial charge in [0.2, 0.25) is 5.91 Å². The summed E-state index contributed by atoms with van der Waals surface area (Å²) in [6.07, 6.45) is -0.748. The Kier molecular flexibility index (Phi) is 3.26. The van der Waals surface area contributed by atoms with Crippen molar-refractivity contribution in [2.45, 2.75) is 18.8 Å². The second kappa shape index (κ2) is 4.70. The number of aliphatic hydroxyl groups is 2. The highest BCUT2D eigenvalue weighted by Gasteiger charge is 2.32. The van der Waals surface area contributed by atoms with Crippen LogP contribution >= 0.6 is 0 Å². The van der Waals surface area contributed by atoms with Crippen molar-refractivity contribution in [1.29, 1.82) is 0 Å². The van der Waals surface area contributed by atoms with Gasteiger partial charge in [-0.1, -0.05) is 5.21 Å². The zero-order valence-corrected chi connectivity index (χ0v) is 9.30. The smallest absolute Gasteiger partial charge is 0.358 e. The van der Waals surface area contributed by atoms with Crippen LogP contribution in [0.3, 0.4) is 0 Å². The molecule has 0 saturated carbocycles. The summed E-state index contributed by atoms with van der Waals surface area (Å²) in [4.78, 5) is 23.6. The van der Waals surface area contributed by atoms with Crippen LogP contribution in [0.1, 0.15) is 10.5 Å². The molecule has 9 nitrogen and oxygen atoms in total. The summed E-state index contributed by atoms with van der Waals surface area (Å²) >= 11 is 0.